The van der Waals surface area contributed by atoms with Gasteiger partial charge < -0.3 is 14.8 Å². The topological polar surface area (TPSA) is 111 Å². The van der Waals surface area contributed by atoms with Crippen molar-refractivity contribution < 1.29 is 19.1 Å². The number of nitrogens with zero attached hydrogens (tertiary/aromatic N) is 5. The van der Waals surface area contributed by atoms with Crippen LogP contribution in [0.1, 0.15) is 43.7 Å². The molecule has 1 aliphatic rings. The smallest absolute Gasteiger partial charge is 0.249 e. The number of hydrogen-bond donors (Lipinski definition) is 1. The fourth-order valence-electron chi connectivity index (χ4n) is 5.83. The van der Waals surface area contributed by atoms with Crippen LogP contribution in [-0.4, -0.2) is 52.1 Å². The Labute approximate surface area is 249 Å². The first-order chi connectivity index (χ1) is 21.1. The lowest BCUT2D eigenvalue weighted by Gasteiger charge is -2.33. The van der Waals surface area contributed by atoms with Gasteiger partial charge in [-0.2, -0.15) is 0 Å². The van der Waals surface area contributed by atoms with Crippen molar-refractivity contribution >= 4 is 39.4 Å². The van der Waals surface area contributed by atoms with Crippen molar-refractivity contribution in [2.75, 3.05) is 19.1 Å². The molecule has 3 aromatic carbocycles. The van der Waals surface area contributed by atoms with E-state index in [1.54, 1.807) is 43.3 Å². The summed E-state index contributed by atoms with van der Waals surface area (Å²) in [6.07, 6.45) is 6.72. The highest BCUT2D eigenvalue weighted by atomic mass is 16.5. The van der Waals surface area contributed by atoms with Crippen LogP contribution in [0.3, 0.4) is 0 Å². The first kappa shape index (κ1) is 28.1. The Hall–Kier alpha value is -4.99. The van der Waals surface area contributed by atoms with Crippen LogP contribution in [-0.2, 0) is 16.1 Å². The molecule has 43 heavy (non-hydrogen) atoms. The molecule has 1 atom stereocenters. The molecule has 6 rings (SSSR count). The number of carbonyl (C=O) groups excluding carboxylic acids is 2. The van der Waals surface area contributed by atoms with Gasteiger partial charge in [0.15, 0.2) is 11.5 Å². The molecule has 220 valence electrons. The highest BCUT2D eigenvalue weighted by molar-refractivity contribution is 6.02. The highest BCUT2D eigenvalue weighted by Crippen LogP contribution is 2.35. The first-order valence-electron chi connectivity index (χ1n) is 14.5. The fourth-order valence-corrected chi connectivity index (χ4v) is 5.83. The van der Waals surface area contributed by atoms with Gasteiger partial charge in [0, 0.05) is 11.4 Å². The second-order valence-electron chi connectivity index (χ2n) is 10.7. The summed E-state index contributed by atoms with van der Waals surface area (Å²) in [7, 11) is 3.11. The summed E-state index contributed by atoms with van der Waals surface area (Å²) in [4.78, 5) is 34.9. The maximum absolute atomic E-state index is 14.5. The Bertz CT molecular complexity index is 1760. The number of methoxy groups -OCH3 is 2. The normalized spacial score (nSPS) is 14.4. The summed E-state index contributed by atoms with van der Waals surface area (Å²) in [5.41, 5.74) is 3.26. The Balaban J connectivity index is 1.48. The van der Waals surface area contributed by atoms with E-state index in [1.165, 1.54) is 4.90 Å². The quantitative estimate of drug-likeness (QED) is 0.255. The average Bonchev–Trinajstić information content (AvgIpc) is 3.45. The van der Waals surface area contributed by atoms with Gasteiger partial charge in [-0.1, -0.05) is 60.9 Å². The minimum atomic E-state index is -1.02. The van der Waals surface area contributed by atoms with Crippen LogP contribution in [0.25, 0.3) is 21.9 Å². The largest absolute Gasteiger partial charge is 0.493 e. The van der Waals surface area contributed by atoms with Crippen LogP contribution in [0.5, 0.6) is 11.5 Å². The van der Waals surface area contributed by atoms with Gasteiger partial charge in [0.05, 0.1) is 37.1 Å². The highest BCUT2D eigenvalue weighted by Gasteiger charge is 2.35. The minimum Gasteiger partial charge on any atom is -0.493 e. The number of fused-ring (bicyclic) bond motifs is 2. The summed E-state index contributed by atoms with van der Waals surface area (Å²) in [6, 6.07) is 21.4. The second-order valence-corrected chi connectivity index (χ2v) is 10.7. The van der Waals surface area contributed by atoms with E-state index in [2.05, 4.69) is 20.6 Å². The predicted molar refractivity (Wildman–Crippen MR) is 164 cm³/mol. The third-order valence-corrected chi connectivity index (χ3v) is 8.01. The van der Waals surface area contributed by atoms with Crippen molar-refractivity contribution in [3.63, 3.8) is 0 Å². The number of ether oxygens (including phenoxy) is 2. The number of amides is 2. The zero-order valence-corrected chi connectivity index (χ0v) is 24.3. The maximum atomic E-state index is 14.5. The van der Waals surface area contributed by atoms with E-state index in [0.29, 0.717) is 28.3 Å². The van der Waals surface area contributed by atoms with E-state index in [4.69, 9.17) is 9.47 Å². The molecule has 5 aromatic rings. The number of pyridine rings is 1. The molecular formula is C33H34N6O4. The van der Waals surface area contributed by atoms with Crippen molar-refractivity contribution in [3.05, 3.63) is 84.6 Å². The molecule has 0 aliphatic heterocycles. The Morgan fingerprint density at radius 1 is 0.930 bits per heavy atom. The third kappa shape index (κ3) is 5.86. The van der Waals surface area contributed by atoms with Crippen LogP contribution < -0.4 is 19.7 Å². The molecule has 0 bridgehead atoms. The molecule has 1 fully saturated rings. The number of para-hydroxylation sites is 2. The van der Waals surface area contributed by atoms with E-state index < -0.39 is 6.04 Å². The van der Waals surface area contributed by atoms with Gasteiger partial charge in [-0.05, 0) is 54.8 Å². The van der Waals surface area contributed by atoms with Crippen LogP contribution in [0.4, 0.5) is 5.69 Å². The molecule has 1 aliphatic carbocycles. The van der Waals surface area contributed by atoms with E-state index in [0.717, 1.165) is 48.5 Å². The van der Waals surface area contributed by atoms with E-state index >= 15 is 0 Å². The lowest BCUT2D eigenvalue weighted by atomic mass is 9.94. The molecule has 10 heteroatoms. The van der Waals surface area contributed by atoms with Crippen molar-refractivity contribution in [1.82, 2.24) is 25.3 Å². The van der Waals surface area contributed by atoms with Gasteiger partial charge in [0.2, 0.25) is 11.8 Å². The summed E-state index contributed by atoms with van der Waals surface area (Å²) < 4.78 is 12.6. The summed E-state index contributed by atoms with van der Waals surface area (Å²) >= 11 is 0. The molecule has 2 heterocycles. The van der Waals surface area contributed by atoms with Gasteiger partial charge in [0.25, 0.3) is 0 Å². The molecule has 1 saturated carbocycles. The zero-order valence-electron chi connectivity index (χ0n) is 24.3. The van der Waals surface area contributed by atoms with Crippen LogP contribution >= 0.6 is 0 Å². The average molecular weight is 579 g/mol. The number of carbonyl (C=O) groups is 2. The molecule has 0 unspecified atom stereocenters. The maximum Gasteiger partial charge on any atom is 0.249 e. The van der Waals surface area contributed by atoms with E-state index in [-0.39, 0.29) is 24.4 Å². The van der Waals surface area contributed by atoms with Crippen molar-refractivity contribution in [1.29, 1.82) is 0 Å². The number of rotatable bonds is 9. The molecule has 0 saturated heterocycles. The number of nitrogens with one attached hydrogen (secondary N) is 1. The fraction of sp³-hybridized carbons (Fsp3) is 0.303. The zero-order chi connectivity index (χ0) is 29.8. The Kier molecular flexibility index (Phi) is 8.17. The standard InChI is InChI=1S/C33H34N6O4/c1-42-29-17-16-23(19-30(29)43-2)32(33(41)35-24-11-4-3-5-12-24)39(25-18-22-10-6-7-13-26(22)34-20-25)31(40)21-38-28-15-9-8-14-27(28)36-37-38/h6-10,13-20,24,32H,3-5,11-12,21H2,1-2H3,(H,35,41)/t32-/m1/s1. The first-order valence-corrected chi connectivity index (χ1v) is 14.5. The Morgan fingerprint density at radius 3 is 2.47 bits per heavy atom. The van der Waals surface area contributed by atoms with Crippen LogP contribution in [0.2, 0.25) is 0 Å². The lowest BCUT2D eigenvalue weighted by Crippen LogP contribution is -2.48. The predicted octanol–water partition coefficient (Wildman–Crippen LogP) is 5.22. The number of aromatic nitrogens is 4. The molecule has 1 N–H and O–H groups in total. The van der Waals surface area contributed by atoms with E-state index in [1.807, 2.05) is 54.6 Å². The molecular weight excluding hydrogens is 544 g/mol. The molecule has 2 aromatic heterocycles. The van der Waals surface area contributed by atoms with Crippen molar-refractivity contribution in [2.45, 2.75) is 50.7 Å². The van der Waals surface area contributed by atoms with Crippen molar-refractivity contribution in [2.24, 2.45) is 0 Å². The molecule has 0 radical (unpaired) electrons. The monoisotopic (exact) mass is 578 g/mol. The van der Waals surface area contributed by atoms with Crippen LogP contribution in [0, 0.1) is 0 Å². The second kappa shape index (κ2) is 12.5. The van der Waals surface area contributed by atoms with Crippen LogP contribution in [0.15, 0.2) is 79.0 Å². The van der Waals surface area contributed by atoms with Gasteiger partial charge in [0.1, 0.15) is 18.1 Å². The molecule has 0 spiro atoms. The summed E-state index contributed by atoms with van der Waals surface area (Å²) in [5, 5.41) is 12.6. The third-order valence-electron chi connectivity index (χ3n) is 8.01. The summed E-state index contributed by atoms with van der Waals surface area (Å²) in [6.45, 7) is -0.131. The molecule has 10 nitrogen and oxygen atoms in total. The van der Waals surface area contributed by atoms with Gasteiger partial charge in [-0.15, -0.1) is 5.10 Å². The number of benzene rings is 3. The van der Waals surface area contributed by atoms with Gasteiger partial charge in [-0.25, -0.2) is 4.68 Å². The minimum absolute atomic E-state index is 0.0369. The SMILES string of the molecule is COc1ccc([C@H](C(=O)NC2CCCCC2)N(C(=O)Cn2nnc3ccccc32)c2cnc3ccccc3c2)cc1OC. The van der Waals surface area contributed by atoms with Gasteiger partial charge in [-0.3, -0.25) is 19.5 Å². The molecule has 2 amide bonds. The number of anilines is 1. The number of hydrogen-bond acceptors (Lipinski definition) is 7. The Morgan fingerprint density at radius 2 is 1.67 bits per heavy atom. The van der Waals surface area contributed by atoms with Gasteiger partial charge >= 0.3 is 0 Å². The van der Waals surface area contributed by atoms with Crippen molar-refractivity contribution in [3.8, 4) is 11.5 Å². The van der Waals surface area contributed by atoms with E-state index in [9.17, 15) is 9.59 Å². The lowest BCUT2D eigenvalue weighted by molar-refractivity contribution is -0.127. The summed E-state index contributed by atoms with van der Waals surface area (Å²) in [5.74, 6) is 0.370.